The van der Waals surface area contributed by atoms with Gasteiger partial charge in [0.25, 0.3) is 0 Å². The molecule has 0 atom stereocenters. The molecular formula is C14H26N4. The Morgan fingerprint density at radius 2 is 1.78 bits per heavy atom. The van der Waals surface area contributed by atoms with Crippen LogP contribution >= 0.6 is 0 Å². The SMILES string of the molecule is CCNc1cc(NCC(C)(C)CC(C)C)ncn1. The monoisotopic (exact) mass is 250 g/mol. The first-order valence-corrected chi connectivity index (χ1v) is 6.73. The molecule has 0 aliphatic rings. The maximum Gasteiger partial charge on any atom is 0.131 e. The molecule has 4 nitrogen and oxygen atoms in total. The van der Waals surface area contributed by atoms with Crippen molar-refractivity contribution in [3.05, 3.63) is 12.4 Å². The molecule has 0 aliphatic heterocycles. The van der Waals surface area contributed by atoms with Gasteiger partial charge in [-0.1, -0.05) is 27.7 Å². The molecule has 0 fully saturated rings. The predicted octanol–water partition coefficient (Wildman–Crippen LogP) is 3.39. The van der Waals surface area contributed by atoms with Gasteiger partial charge in [-0.3, -0.25) is 0 Å². The second kappa shape index (κ2) is 6.57. The highest BCUT2D eigenvalue weighted by Crippen LogP contribution is 2.25. The van der Waals surface area contributed by atoms with Crippen LogP contribution in [-0.4, -0.2) is 23.1 Å². The highest BCUT2D eigenvalue weighted by molar-refractivity contribution is 5.46. The first kappa shape index (κ1) is 14.7. The molecule has 0 spiro atoms. The van der Waals surface area contributed by atoms with Gasteiger partial charge in [-0.05, 0) is 24.7 Å². The van der Waals surface area contributed by atoms with E-state index in [1.165, 1.54) is 6.42 Å². The molecule has 0 radical (unpaired) electrons. The number of rotatable bonds is 7. The summed E-state index contributed by atoms with van der Waals surface area (Å²) in [5.74, 6) is 2.47. The van der Waals surface area contributed by atoms with Crippen LogP contribution in [0.1, 0.15) is 41.0 Å². The third-order valence-electron chi connectivity index (χ3n) is 2.73. The molecule has 0 saturated heterocycles. The lowest BCUT2D eigenvalue weighted by molar-refractivity contribution is 0.306. The lowest BCUT2D eigenvalue weighted by atomic mass is 9.84. The quantitative estimate of drug-likeness (QED) is 0.779. The summed E-state index contributed by atoms with van der Waals surface area (Å²) in [4.78, 5) is 8.40. The molecule has 1 rings (SSSR count). The summed E-state index contributed by atoms with van der Waals surface area (Å²) in [5, 5.41) is 6.58. The van der Waals surface area contributed by atoms with Crippen molar-refractivity contribution in [1.82, 2.24) is 9.97 Å². The molecule has 0 bridgehead atoms. The van der Waals surface area contributed by atoms with E-state index in [4.69, 9.17) is 0 Å². The van der Waals surface area contributed by atoms with Gasteiger partial charge in [-0.25, -0.2) is 9.97 Å². The van der Waals surface area contributed by atoms with Crippen LogP contribution in [0.3, 0.4) is 0 Å². The molecule has 2 N–H and O–H groups in total. The maximum atomic E-state index is 4.24. The van der Waals surface area contributed by atoms with Crippen LogP contribution in [-0.2, 0) is 0 Å². The topological polar surface area (TPSA) is 49.8 Å². The lowest BCUT2D eigenvalue weighted by Gasteiger charge is -2.27. The molecule has 1 heterocycles. The van der Waals surface area contributed by atoms with Crippen molar-refractivity contribution < 1.29 is 0 Å². The highest BCUT2D eigenvalue weighted by Gasteiger charge is 2.19. The molecule has 0 saturated carbocycles. The average Bonchev–Trinajstić information content (AvgIpc) is 2.26. The second-order valence-corrected chi connectivity index (χ2v) is 5.93. The number of anilines is 2. The minimum absolute atomic E-state index is 0.275. The molecule has 18 heavy (non-hydrogen) atoms. The van der Waals surface area contributed by atoms with Gasteiger partial charge >= 0.3 is 0 Å². The summed E-state index contributed by atoms with van der Waals surface area (Å²) in [5.41, 5.74) is 0.275. The summed E-state index contributed by atoms with van der Waals surface area (Å²) in [6, 6.07) is 1.95. The number of hydrogen-bond acceptors (Lipinski definition) is 4. The molecular weight excluding hydrogens is 224 g/mol. The van der Waals surface area contributed by atoms with Crippen molar-refractivity contribution in [2.75, 3.05) is 23.7 Å². The normalized spacial score (nSPS) is 11.7. The Bertz CT molecular complexity index is 361. The van der Waals surface area contributed by atoms with Crippen LogP contribution in [0.15, 0.2) is 12.4 Å². The summed E-state index contributed by atoms with van der Waals surface area (Å²) < 4.78 is 0. The Kier molecular flexibility index (Phi) is 5.38. The fraction of sp³-hybridized carbons (Fsp3) is 0.714. The largest absolute Gasteiger partial charge is 0.370 e. The number of nitrogens with one attached hydrogen (secondary N) is 2. The molecule has 0 aliphatic carbocycles. The Hall–Kier alpha value is -1.32. The van der Waals surface area contributed by atoms with Gasteiger partial charge < -0.3 is 10.6 Å². The van der Waals surface area contributed by atoms with Crippen LogP contribution in [0.4, 0.5) is 11.6 Å². The first-order valence-electron chi connectivity index (χ1n) is 6.73. The van der Waals surface area contributed by atoms with E-state index < -0.39 is 0 Å². The van der Waals surface area contributed by atoms with Crippen molar-refractivity contribution >= 4 is 11.6 Å². The van der Waals surface area contributed by atoms with E-state index in [1.54, 1.807) is 6.33 Å². The lowest BCUT2D eigenvalue weighted by Crippen LogP contribution is -2.25. The summed E-state index contributed by atoms with van der Waals surface area (Å²) in [6.07, 6.45) is 2.79. The summed E-state index contributed by atoms with van der Waals surface area (Å²) in [6.45, 7) is 12.9. The van der Waals surface area contributed by atoms with Crippen LogP contribution < -0.4 is 10.6 Å². The van der Waals surface area contributed by atoms with Crippen molar-refractivity contribution in [3.63, 3.8) is 0 Å². The molecule has 1 aromatic rings. The molecule has 0 aromatic carbocycles. The first-order chi connectivity index (χ1) is 8.43. The zero-order valence-corrected chi connectivity index (χ0v) is 12.2. The summed E-state index contributed by atoms with van der Waals surface area (Å²) in [7, 11) is 0. The minimum atomic E-state index is 0.275. The van der Waals surface area contributed by atoms with Gasteiger partial charge in [0, 0.05) is 19.2 Å². The molecule has 102 valence electrons. The second-order valence-electron chi connectivity index (χ2n) is 5.93. The maximum absolute atomic E-state index is 4.24. The molecule has 0 unspecified atom stereocenters. The van der Waals surface area contributed by atoms with E-state index >= 15 is 0 Å². The fourth-order valence-corrected chi connectivity index (χ4v) is 2.24. The number of nitrogens with zero attached hydrogens (tertiary/aromatic N) is 2. The van der Waals surface area contributed by atoms with Crippen LogP contribution in [0.25, 0.3) is 0 Å². The van der Waals surface area contributed by atoms with Gasteiger partial charge in [0.2, 0.25) is 0 Å². The minimum Gasteiger partial charge on any atom is -0.370 e. The van der Waals surface area contributed by atoms with Crippen molar-refractivity contribution in [3.8, 4) is 0 Å². The van der Waals surface area contributed by atoms with Gasteiger partial charge in [-0.2, -0.15) is 0 Å². The Morgan fingerprint density at radius 3 is 2.33 bits per heavy atom. The van der Waals surface area contributed by atoms with E-state index in [0.717, 1.165) is 24.7 Å². The van der Waals surface area contributed by atoms with E-state index in [-0.39, 0.29) is 5.41 Å². The smallest absolute Gasteiger partial charge is 0.131 e. The number of hydrogen-bond donors (Lipinski definition) is 2. The third kappa shape index (κ3) is 5.34. The van der Waals surface area contributed by atoms with E-state index in [9.17, 15) is 0 Å². The highest BCUT2D eigenvalue weighted by atomic mass is 15.1. The Morgan fingerprint density at radius 1 is 1.17 bits per heavy atom. The predicted molar refractivity (Wildman–Crippen MR) is 77.9 cm³/mol. The van der Waals surface area contributed by atoms with E-state index in [0.29, 0.717) is 5.92 Å². The van der Waals surface area contributed by atoms with Crippen LogP contribution in [0.5, 0.6) is 0 Å². The van der Waals surface area contributed by atoms with Gasteiger partial charge in [0.05, 0.1) is 0 Å². The van der Waals surface area contributed by atoms with E-state index in [2.05, 4.69) is 55.2 Å². The van der Waals surface area contributed by atoms with Gasteiger partial charge in [0.1, 0.15) is 18.0 Å². The molecule has 4 heteroatoms. The molecule has 0 amide bonds. The van der Waals surface area contributed by atoms with Crippen molar-refractivity contribution in [2.24, 2.45) is 11.3 Å². The van der Waals surface area contributed by atoms with Crippen LogP contribution in [0.2, 0.25) is 0 Å². The third-order valence-corrected chi connectivity index (χ3v) is 2.73. The zero-order valence-electron chi connectivity index (χ0n) is 12.2. The van der Waals surface area contributed by atoms with Crippen molar-refractivity contribution in [1.29, 1.82) is 0 Å². The van der Waals surface area contributed by atoms with Gasteiger partial charge in [0.15, 0.2) is 0 Å². The van der Waals surface area contributed by atoms with E-state index in [1.807, 2.05) is 6.07 Å². The Labute approximate surface area is 111 Å². The van der Waals surface area contributed by atoms with Gasteiger partial charge in [-0.15, -0.1) is 0 Å². The zero-order chi connectivity index (χ0) is 13.6. The van der Waals surface area contributed by atoms with Crippen molar-refractivity contribution in [2.45, 2.75) is 41.0 Å². The Balaban J connectivity index is 2.54. The summed E-state index contributed by atoms with van der Waals surface area (Å²) >= 11 is 0. The molecule has 1 aromatic heterocycles. The fourth-order valence-electron chi connectivity index (χ4n) is 2.24. The number of aromatic nitrogens is 2. The standard InChI is InChI=1S/C14H26N4/c1-6-15-12-7-13(18-10-17-12)16-9-14(4,5)8-11(2)3/h7,10-11H,6,8-9H2,1-5H3,(H2,15,16,17,18). The van der Waals surface area contributed by atoms with Crippen LogP contribution in [0, 0.1) is 11.3 Å². The average molecular weight is 250 g/mol.